The van der Waals surface area contributed by atoms with Gasteiger partial charge in [0, 0.05) is 47.5 Å². The molecule has 0 heterocycles. The van der Waals surface area contributed by atoms with Crippen molar-refractivity contribution in [3.8, 4) is 0 Å². The second-order valence-electron chi connectivity index (χ2n) is 3.14. The molecule has 0 atom stereocenters. The minimum atomic E-state index is 0. The fourth-order valence-electron chi connectivity index (χ4n) is 1.23. The molecular weight excluding hydrogens is 408 g/mol. The van der Waals surface area contributed by atoms with E-state index in [1.54, 1.807) is 0 Å². The standard InChI is InChI=1S/C12H9Cl2P.Fe.Pd/c13-9-1-5-11(6-2-9)15-12-7-3-10(14)4-8-12;;/h1-8,15H;;. The first kappa shape index (κ1) is 17.6. The van der Waals surface area contributed by atoms with Gasteiger partial charge in [-0.2, -0.15) is 0 Å². The monoisotopic (exact) mass is 416 g/mol. The molecule has 0 spiro atoms. The van der Waals surface area contributed by atoms with Gasteiger partial charge in [0.25, 0.3) is 0 Å². The van der Waals surface area contributed by atoms with Crippen molar-refractivity contribution in [1.29, 1.82) is 0 Å². The summed E-state index contributed by atoms with van der Waals surface area (Å²) in [5.41, 5.74) is 0. The molecule has 2 aromatic carbocycles. The van der Waals surface area contributed by atoms with Crippen molar-refractivity contribution in [2.75, 3.05) is 0 Å². The molecule has 0 aliphatic rings. The third kappa shape index (κ3) is 5.87. The van der Waals surface area contributed by atoms with Crippen molar-refractivity contribution in [2.45, 2.75) is 0 Å². The van der Waals surface area contributed by atoms with Crippen LogP contribution in [0.1, 0.15) is 0 Å². The van der Waals surface area contributed by atoms with Crippen LogP contribution in [0.3, 0.4) is 0 Å². The van der Waals surface area contributed by atoms with Crippen molar-refractivity contribution >= 4 is 42.4 Å². The van der Waals surface area contributed by atoms with Gasteiger partial charge in [-0.25, -0.2) is 0 Å². The molecule has 0 radical (unpaired) electrons. The van der Waals surface area contributed by atoms with E-state index in [4.69, 9.17) is 23.2 Å². The van der Waals surface area contributed by atoms with Gasteiger partial charge in [0.15, 0.2) is 0 Å². The fraction of sp³-hybridized carbons (Fsp3) is 0. The van der Waals surface area contributed by atoms with Crippen LogP contribution in [0.25, 0.3) is 0 Å². The maximum absolute atomic E-state index is 5.82. The second kappa shape index (κ2) is 8.69. The molecule has 0 nitrogen and oxygen atoms in total. The molecule has 0 aromatic heterocycles. The summed E-state index contributed by atoms with van der Waals surface area (Å²) in [4.78, 5) is 0. The van der Waals surface area contributed by atoms with Crippen LogP contribution in [0.15, 0.2) is 48.5 Å². The minimum absolute atomic E-state index is 0. The molecule has 0 fully saturated rings. The van der Waals surface area contributed by atoms with Gasteiger partial charge in [0.05, 0.1) is 0 Å². The first-order chi connectivity index (χ1) is 7.24. The van der Waals surface area contributed by atoms with E-state index in [0.717, 1.165) is 10.0 Å². The Labute approximate surface area is 137 Å². The van der Waals surface area contributed by atoms with E-state index in [2.05, 4.69) is 24.3 Å². The van der Waals surface area contributed by atoms with Crippen molar-refractivity contribution < 1.29 is 37.5 Å². The van der Waals surface area contributed by atoms with Gasteiger partial charge in [-0.05, 0) is 34.9 Å². The summed E-state index contributed by atoms with van der Waals surface area (Å²) in [6.07, 6.45) is 0. The van der Waals surface area contributed by atoms with Crippen molar-refractivity contribution in [2.24, 2.45) is 0 Å². The molecule has 2 aromatic rings. The third-order valence-corrected chi connectivity index (χ3v) is 3.73. The zero-order chi connectivity index (χ0) is 10.7. The number of benzene rings is 2. The average molecular weight is 417 g/mol. The van der Waals surface area contributed by atoms with E-state index in [9.17, 15) is 0 Å². The molecule has 0 aliphatic carbocycles. The summed E-state index contributed by atoms with van der Waals surface area (Å²) < 4.78 is 0. The van der Waals surface area contributed by atoms with Gasteiger partial charge in [0.1, 0.15) is 0 Å². The number of hydrogen-bond acceptors (Lipinski definition) is 0. The molecule has 0 saturated carbocycles. The van der Waals surface area contributed by atoms with Crippen LogP contribution in [0, 0.1) is 0 Å². The molecular formula is C12H9Cl2FePPd. The van der Waals surface area contributed by atoms with Crippen LogP contribution in [0.2, 0.25) is 10.0 Å². The number of hydrogen-bond donors (Lipinski definition) is 0. The number of rotatable bonds is 2. The molecule has 0 N–H and O–H groups in total. The van der Waals surface area contributed by atoms with Crippen molar-refractivity contribution in [3.63, 3.8) is 0 Å². The number of halogens is 2. The van der Waals surface area contributed by atoms with E-state index in [0.29, 0.717) is 8.58 Å². The van der Waals surface area contributed by atoms with E-state index in [1.165, 1.54) is 10.6 Å². The summed E-state index contributed by atoms with van der Waals surface area (Å²) in [7, 11) is 0.652. The van der Waals surface area contributed by atoms with Crippen LogP contribution in [0.4, 0.5) is 0 Å². The largest absolute Gasteiger partial charge is 0.0843 e. The van der Waals surface area contributed by atoms with Gasteiger partial charge in [-0.15, -0.1) is 0 Å². The summed E-state index contributed by atoms with van der Waals surface area (Å²) in [6.45, 7) is 0. The maximum Gasteiger partial charge on any atom is 0.0406 e. The Hall–Kier alpha value is 0.632. The molecule has 0 amide bonds. The Morgan fingerprint density at radius 3 is 1.24 bits per heavy atom. The maximum atomic E-state index is 5.82. The topological polar surface area (TPSA) is 0 Å². The summed E-state index contributed by atoms with van der Waals surface area (Å²) in [5, 5.41) is 4.11. The van der Waals surface area contributed by atoms with Crippen LogP contribution in [0.5, 0.6) is 0 Å². The molecule has 94 valence electrons. The normalized spacial score (nSPS) is 9.06. The van der Waals surface area contributed by atoms with Crippen LogP contribution in [-0.4, -0.2) is 0 Å². The molecule has 5 heteroatoms. The van der Waals surface area contributed by atoms with Gasteiger partial charge < -0.3 is 0 Å². The van der Waals surface area contributed by atoms with Gasteiger partial charge in [-0.1, -0.05) is 56.0 Å². The Balaban J connectivity index is 0.00000128. The fourth-order valence-corrected chi connectivity index (χ4v) is 2.49. The SMILES string of the molecule is Clc1ccc(Pc2ccc(Cl)cc2)cc1.[Fe].[Pd]. The zero-order valence-corrected chi connectivity index (χ0v) is 13.7. The van der Waals surface area contributed by atoms with E-state index < -0.39 is 0 Å². The van der Waals surface area contributed by atoms with Gasteiger partial charge in [0.2, 0.25) is 0 Å². The Morgan fingerprint density at radius 2 is 0.941 bits per heavy atom. The first-order valence-electron chi connectivity index (χ1n) is 4.52. The quantitative estimate of drug-likeness (QED) is 0.518. The second-order valence-corrected chi connectivity index (χ2v) is 5.42. The average Bonchev–Trinajstić information content (AvgIpc) is 2.25. The molecule has 0 bridgehead atoms. The molecule has 0 saturated heterocycles. The van der Waals surface area contributed by atoms with E-state index in [1.807, 2.05) is 24.3 Å². The third-order valence-electron chi connectivity index (χ3n) is 1.98. The summed E-state index contributed by atoms with van der Waals surface area (Å²) in [6, 6.07) is 15.9. The predicted molar refractivity (Wildman–Crippen MR) is 70.5 cm³/mol. The minimum Gasteiger partial charge on any atom is -0.0843 e. The van der Waals surface area contributed by atoms with E-state index >= 15 is 0 Å². The smallest absolute Gasteiger partial charge is 0.0406 e. The van der Waals surface area contributed by atoms with Crippen molar-refractivity contribution in [3.05, 3.63) is 58.6 Å². The van der Waals surface area contributed by atoms with Crippen LogP contribution < -0.4 is 10.6 Å². The van der Waals surface area contributed by atoms with Gasteiger partial charge in [-0.3, -0.25) is 0 Å². The first-order valence-corrected chi connectivity index (χ1v) is 6.28. The molecule has 0 aliphatic heterocycles. The molecule has 17 heavy (non-hydrogen) atoms. The molecule has 0 unspecified atom stereocenters. The molecule has 2 rings (SSSR count). The Kier molecular flexibility index (Phi) is 9.01. The van der Waals surface area contributed by atoms with Crippen LogP contribution >= 0.6 is 31.8 Å². The van der Waals surface area contributed by atoms with Crippen molar-refractivity contribution in [1.82, 2.24) is 0 Å². The van der Waals surface area contributed by atoms with Crippen LogP contribution in [-0.2, 0) is 37.5 Å². The Morgan fingerprint density at radius 1 is 0.647 bits per heavy atom. The Bertz CT molecular complexity index is 402. The summed E-state index contributed by atoms with van der Waals surface area (Å²) >= 11 is 11.6. The summed E-state index contributed by atoms with van der Waals surface area (Å²) in [5.74, 6) is 0. The zero-order valence-electron chi connectivity index (χ0n) is 8.54. The predicted octanol–water partition coefficient (Wildman–Crippen LogP) is 3.62. The van der Waals surface area contributed by atoms with E-state index in [-0.39, 0.29) is 37.5 Å². The van der Waals surface area contributed by atoms with Gasteiger partial charge >= 0.3 is 0 Å².